The monoisotopic (exact) mass is 399 g/mol. The van der Waals surface area contributed by atoms with Crippen molar-refractivity contribution in [3.63, 3.8) is 0 Å². The molecule has 0 radical (unpaired) electrons. The Hall–Kier alpha value is -2.43. The van der Waals surface area contributed by atoms with Crippen LogP contribution >= 0.6 is 0 Å². The van der Waals surface area contributed by atoms with Crippen LogP contribution in [0.1, 0.15) is 56.2 Å². The number of esters is 1. The third kappa shape index (κ3) is 5.30. The number of imidazole rings is 1. The van der Waals surface area contributed by atoms with Crippen molar-refractivity contribution in [2.45, 2.75) is 52.4 Å². The Morgan fingerprint density at radius 1 is 1.29 bits per heavy atom. The molecule has 2 atom stereocenters. The van der Waals surface area contributed by atoms with Gasteiger partial charge in [0.05, 0.1) is 55.5 Å². The van der Waals surface area contributed by atoms with Crippen LogP contribution in [0.25, 0.3) is 0 Å². The molecule has 0 saturated heterocycles. The predicted octanol–water partition coefficient (Wildman–Crippen LogP) is 3.99. The van der Waals surface area contributed by atoms with E-state index in [4.69, 9.17) is 14.4 Å². The van der Waals surface area contributed by atoms with E-state index in [0.717, 1.165) is 11.3 Å². The molecule has 150 valence electrons. The standard InChI is InChI=1S/C21H29N3O3Si/c1-21(2,3)20(27-28(5)6)18-13-23-14-24(18)17(11-19(25)26-4)16-9-7-15(12-22)8-10-16/h7-10,13-14,17,20,28H,11H2,1-6H3. The lowest BCUT2D eigenvalue weighted by atomic mass is 9.87. The van der Waals surface area contributed by atoms with E-state index in [0.29, 0.717) is 5.56 Å². The quantitative estimate of drug-likeness (QED) is 0.519. The smallest absolute Gasteiger partial charge is 0.307 e. The number of hydrogen-bond donors (Lipinski definition) is 0. The first kappa shape index (κ1) is 21.9. The van der Waals surface area contributed by atoms with Gasteiger partial charge in [0.2, 0.25) is 0 Å². The van der Waals surface area contributed by atoms with Crippen molar-refractivity contribution in [3.05, 3.63) is 53.6 Å². The SMILES string of the molecule is COC(=O)CC(c1ccc(C#N)cc1)n1cncc1C(O[SiH](C)C)C(C)(C)C. The molecule has 1 aromatic heterocycles. The molecule has 7 heteroatoms. The Morgan fingerprint density at radius 2 is 1.93 bits per heavy atom. The Morgan fingerprint density at radius 3 is 2.43 bits per heavy atom. The summed E-state index contributed by atoms with van der Waals surface area (Å²) in [5, 5.41) is 9.07. The normalized spacial score (nSPS) is 13.8. The van der Waals surface area contributed by atoms with E-state index < -0.39 is 9.04 Å². The van der Waals surface area contributed by atoms with E-state index in [-0.39, 0.29) is 30.0 Å². The zero-order valence-corrected chi connectivity index (χ0v) is 18.6. The van der Waals surface area contributed by atoms with Crippen LogP contribution in [0.3, 0.4) is 0 Å². The number of hydrogen-bond acceptors (Lipinski definition) is 5. The molecule has 0 amide bonds. The van der Waals surface area contributed by atoms with Crippen molar-refractivity contribution in [1.29, 1.82) is 5.26 Å². The minimum Gasteiger partial charge on any atom is -0.469 e. The molecule has 0 fully saturated rings. The Kier molecular flexibility index (Phi) is 7.16. The molecule has 0 bridgehead atoms. The number of aromatic nitrogens is 2. The average Bonchev–Trinajstić information content (AvgIpc) is 3.12. The van der Waals surface area contributed by atoms with Gasteiger partial charge in [0, 0.05) is 0 Å². The van der Waals surface area contributed by atoms with Crippen molar-refractivity contribution in [2.75, 3.05) is 7.11 Å². The molecule has 0 saturated carbocycles. The van der Waals surface area contributed by atoms with Gasteiger partial charge in [-0.2, -0.15) is 5.26 Å². The molecule has 0 aliphatic rings. The lowest BCUT2D eigenvalue weighted by Gasteiger charge is -2.34. The van der Waals surface area contributed by atoms with Gasteiger partial charge >= 0.3 is 5.97 Å². The van der Waals surface area contributed by atoms with Crippen LogP contribution in [0.2, 0.25) is 13.1 Å². The van der Waals surface area contributed by atoms with E-state index in [9.17, 15) is 4.79 Å². The number of rotatable bonds is 7. The Bertz CT molecular complexity index is 832. The number of benzene rings is 1. The van der Waals surface area contributed by atoms with E-state index in [1.165, 1.54) is 7.11 Å². The molecule has 2 unspecified atom stereocenters. The third-order valence-corrected chi connectivity index (χ3v) is 5.32. The molecule has 0 N–H and O–H groups in total. The summed E-state index contributed by atoms with van der Waals surface area (Å²) in [6.45, 7) is 10.7. The summed E-state index contributed by atoms with van der Waals surface area (Å²) in [6, 6.07) is 9.10. The highest BCUT2D eigenvalue weighted by Gasteiger charge is 2.33. The minimum absolute atomic E-state index is 0.129. The van der Waals surface area contributed by atoms with Gasteiger partial charge in [-0.05, 0) is 36.2 Å². The first-order chi connectivity index (χ1) is 13.2. The highest BCUT2D eigenvalue weighted by molar-refractivity contribution is 6.48. The van der Waals surface area contributed by atoms with E-state index in [2.05, 4.69) is 44.9 Å². The number of carbonyl (C=O) groups excluding carboxylic acids is 1. The van der Waals surface area contributed by atoms with Crippen LogP contribution in [0.15, 0.2) is 36.8 Å². The largest absolute Gasteiger partial charge is 0.469 e. The maximum absolute atomic E-state index is 12.1. The fraction of sp³-hybridized carbons (Fsp3) is 0.476. The first-order valence-corrected chi connectivity index (χ1v) is 12.2. The third-order valence-electron chi connectivity index (χ3n) is 4.51. The number of ether oxygens (including phenoxy) is 1. The van der Waals surface area contributed by atoms with Crippen molar-refractivity contribution >= 4 is 15.0 Å². The zero-order chi connectivity index (χ0) is 20.9. The average molecular weight is 400 g/mol. The van der Waals surface area contributed by atoms with E-state index in [1.807, 2.05) is 22.9 Å². The van der Waals surface area contributed by atoms with Crippen molar-refractivity contribution < 1.29 is 14.0 Å². The second-order valence-corrected chi connectivity index (χ2v) is 10.6. The molecule has 2 rings (SSSR count). The Balaban J connectivity index is 2.53. The summed E-state index contributed by atoms with van der Waals surface area (Å²) in [7, 11) is 0.0739. The topological polar surface area (TPSA) is 77.1 Å². The summed E-state index contributed by atoms with van der Waals surface area (Å²) in [4.78, 5) is 16.5. The van der Waals surface area contributed by atoms with Crippen molar-refractivity contribution in [2.24, 2.45) is 5.41 Å². The van der Waals surface area contributed by atoms with Gasteiger partial charge in [0.1, 0.15) is 0 Å². The molecule has 0 aliphatic heterocycles. The summed E-state index contributed by atoms with van der Waals surface area (Å²) in [5.41, 5.74) is 2.30. The van der Waals surface area contributed by atoms with Gasteiger partial charge in [-0.25, -0.2) is 4.98 Å². The Labute approximate surface area is 168 Å². The molecule has 2 aromatic rings. The maximum atomic E-state index is 12.1. The summed E-state index contributed by atoms with van der Waals surface area (Å²) < 4.78 is 13.3. The fourth-order valence-electron chi connectivity index (χ4n) is 3.17. The van der Waals surface area contributed by atoms with E-state index in [1.54, 1.807) is 18.5 Å². The van der Waals surface area contributed by atoms with Gasteiger partial charge in [0.25, 0.3) is 0 Å². The highest BCUT2D eigenvalue weighted by Crippen LogP contribution is 2.38. The summed E-state index contributed by atoms with van der Waals surface area (Å²) in [5.74, 6) is -0.305. The lowest BCUT2D eigenvalue weighted by Crippen LogP contribution is -2.29. The van der Waals surface area contributed by atoms with Crippen molar-refractivity contribution in [3.8, 4) is 6.07 Å². The highest BCUT2D eigenvalue weighted by atomic mass is 28.3. The van der Waals surface area contributed by atoms with Crippen LogP contribution in [0, 0.1) is 16.7 Å². The minimum atomic E-state index is -1.31. The van der Waals surface area contributed by atoms with Gasteiger partial charge in [-0.15, -0.1) is 0 Å². The first-order valence-electron chi connectivity index (χ1n) is 9.41. The van der Waals surface area contributed by atoms with Crippen LogP contribution < -0.4 is 0 Å². The lowest BCUT2D eigenvalue weighted by molar-refractivity contribution is -0.141. The molecule has 1 heterocycles. The molecular formula is C21H29N3O3Si. The predicted molar refractivity (Wildman–Crippen MR) is 110 cm³/mol. The van der Waals surface area contributed by atoms with Gasteiger partial charge < -0.3 is 13.7 Å². The maximum Gasteiger partial charge on any atom is 0.307 e. The van der Waals surface area contributed by atoms with Crippen LogP contribution in [0.4, 0.5) is 0 Å². The number of carbonyl (C=O) groups is 1. The fourth-order valence-corrected chi connectivity index (χ4v) is 4.26. The number of nitrogens with zero attached hydrogens (tertiary/aromatic N) is 3. The van der Waals surface area contributed by atoms with Crippen LogP contribution in [-0.4, -0.2) is 31.7 Å². The van der Waals surface area contributed by atoms with Crippen LogP contribution in [-0.2, 0) is 14.0 Å². The molecular weight excluding hydrogens is 370 g/mol. The van der Waals surface area contributed by atoms with E-state index >= 15 is 0 Å². The second kappa shape index (κ2) is 9.17. The van der Waals surface area contributed by atoms with Gasteiger partial charge in [-0.3, -0.25) is 4.79 Å². The van der Waals surface area contributed by atoms with Gasteiger partial charge in [-0.1, -0.05) is 32.9 Å². The van der Waals surface area contributed by atoms with Gasteiger partial charge in [0.15, 0.2) is 9.04 Å². The molecule has 1 aromatic carbocycles. The molecule has 28 heavy (non-hydrogen) atoms. The van der Waals surface area contributed by atoms with Crippen molar-refractivity contribution in [1.82, 2.24) is 9.55 Å². The van der Waals surface area contributed by atoms with Crippen LogP contribution in [0.5, 0.6) is 0 Å². The molecule has 0 aliphatic carbocycles. The number of nitriles is 1. The number of methoxy groups -OCH3 is 1. The summed E-state index contributed by atoms with van der Waals surface area (Å²) in [6.07, 6.45) is 3.59. The summed E-state index contributed by atoms with van der Waals surface area (Å²) >= 11 is 0. The second-order valence-electron chi connectivity index (χ2n) is 8.19. The molecule has 6 nitrogen and oxygen atoms in total. The molecule has 0 spiro atoms. The zero-order valence-electron chi connectivity index (χ0n) is 17.5.